The SMILES string of the molecule is O=C1CN(C2CCN(S(=O)(=O)c3ccccc3Br)CC2)C(=O)N1c1ccccc1. The molecule has 0 bridgehead atoms. The molecule has 7 nitrogen and oxygen atoms in total. The number of urea groups is 1. The van der Waals surface area contributed by atoms with Crippen molar-refractivity contribution >= 4 is 43.6 Å². The fourth-order valence-corrected chi connectivity index (χ4v) is 6.26. The summed E-state index contributed by atoms with van der Waals surface area (Å²) in [6.45, 7) is 0.630. The molecule has 4 rings (SSSR count). The van der Waals surface area contributed by atoms with Gasteiger partial charge >= 0.3 is 6.03 Å². The van der Waals surface area contributed by atoms with Crippen molar-refractivity contribution in [3.05, 3.63) is 59.1 Å². The van der Waals surface area contributed by atoms with Crippen LogP contribution in [0.5, 0.6) is 0 Å². The van der Waals surface area contributed by atoms with Crippen LogP contribution in [0.2, 0.25) is 0 Å². The third-order valence-corrected chi connectivity index (χ3v) is 8.24. The van der Waals surface area contributed by atoms with Gasteiger partial charge in [-0.2, -0.15) is 4.31 Å². The van der Waals surface area contributed by atoms with Crippen molar-refractivity contribution in [2.24, 2.45) is 0 Å². The first-order chi connectivity index (χ1) is 13.9. The number of hydrogen-bond donors (Lipinski definition) is 0. The van der Waals surface area contributed by atoms with Gasteiger partial charge in [-0.1, -0.05) is 30.3 Å². The third-order valence-electron chi connectivity index (χ3n) is 5.33. The Balaban J connectivity index is 1.46. The van der Waals surface area contributed by atoms with Crippen LogP contribution >= 0.6 is 15.9 Å². The Morgan fingerprint density at radius 2 is 1.52 bits per heavy atom. The highest BCUT2D eigenvalue weighted by Crippen LogP contribution is 2.30. The number of piperidine rings is 1. The summed E-state index contributed by atoms with van der Waals surface area (Å²) in [5, 5.41) is 0. The number of para-hydroxylation sites is 1. The molecule has 0 unspecified atom stereocenters. The minimum Gasteiger partial charge on any atom is -0.312 e. The summed E-state index contributed by atoms with van der Waals surface area (Å²) in [4.78, 5) is 28.3. The number of benzene rings is 2. The van der Waals surface area contributed by atoms with Crippen LogP contribution < -0.4 is 4.90 Å². The van der Waals surface area contributed by atoms with Crippen LogP contribution in [0, 0.1) is 0 Å². The minimum atomic E-state index is -3.61. The maximum absolute atomic E-state index is 12.9. The Labute approximate surface area is 178 Å². The third kappa shape index (κ3) is 3.70. The van der Waals surface area contributed by atoms with Gasteiger partial charge in [0.15, 0.2) is 0 Å². The lowest BCUT2D eigenvalue weighted by Crippen LogP contribution is -2.48. The second-order valence-corrected chi connectivity index (χ2v) is 9.80. The number of imide groups is 1. The van der Waals surface area contributed by atoms with Crippen LogP contribution in [-0.2, 0) is 14.8 Å². The second-order valence-electron chi connectivity index (χ2n) is 7.04. The molecule has 2 saturated heterocycles. The largest absolute Gasteiger partial charge is 0.332 e. The molecule has 2 fully saturated rings. The molecule has 2 aromatic carbocycles. The van der Waals surface area contributed by atoms with Gasteiger partial charge in [0.1, 0.15) is 6.54 Å². The number of rotatable bonds is 4. The van der Waals surface area contributed by atoms with Crippen molar-refractivity contribution in [2.45, 2.75) is 23.8 Å². The molecule has 2 aliphatic rings. The molecular formula is C20H20BrN3O4S. The first-order valence-electron chi connectivity index (χ1n) is 9.33. The van der Waals surface area contributed by atoms with E-state index in [0.717, 1.165) is 0 Å². The zero-order valence-electron chi connectivity index (χ0n) is 15.6. The van der Waals surface area contributed by atoms with Crippen LogP contribution in [0.4, 0.5) is 10.5 Å². The molecule has 2 aromatic rings. The quantitative estimate of drug-likeness (QED) is 0.633. The van der Waals surface area contributed by atoms with Gasteiger partial charge in [0, 0.05) is 23.6 Å². The number of halogens is 1. The average Bonchev–Trinajstić information content (AvgIpc) is 3.03. The van der Waals surface area contributed by atoms with E-state index in [4.69, 9.17) is 0 Å². The molecule has 0 radical (unpaired) electrons. The summed E-state index contributed by atoms with van der Waals surface area (Å²) in [5.74, 6) is -0.260. The minimum absolute atomic E-state index is 0.0232. The lowest BCUT2D eigenvalue weighted by molar-refractivity contribution is -0.116. The van der Waals surface area contributed by atoms with E-state index in [2.05, 4.69) is 15.9 Å². The normalized spacial score (nSPS) is 19.2. The number of sulfonamides is 1. The first kappa shape index (κ1) is 20.1. The van der Waals surface area contributed by atoms with E-state index >= 15 is 0 Å². The highest BCUT2D eigenvalue weighted by molar-refractivity contribution is 9.10. The van der Waals surface area contributed by atoms with Crippen molar-refractivity contribution in [1.29, 1.82) is 0 Å². The summed E-state index contributed by atoms with van der Waals surface area (Å²) >= 11 is 3.31. The number of amides is 3. The van der Waals surface area contributed by atoms with Crippen LogP contribution in [0.15, 0.2) is 64.0 Å². The Morgan fingerprint density at radius 1 is 0.897 bits per heavy atom. The summed E-state index contributed by atoms with van der Waals surface area (Å²) in [5.41, 5.74) is 0.555. The lowest BCUT2D eigenvalue weighted by atomic mass is 10.1. The number of anilines is 1. The zero-order valence-corrected chi connectivity index (χ0v) is 18.0. The van der Waals surface area contributed by atoms with E-state index in [0.29, 0.717) is 36.1 Å². The van der Waals surface area contributed by atoms with Crippen molar-refractivity contribution in [2.75, 3.05) is 24.5 Å². The molecule has 0 N–H and O–H groups in total. The van der Waals surface area contributed by atoms with Gasteiger partial charge < -0.3 is 4.90 Å². The molecule has 2 heterocycles. The van der Waals surface area contributed by atoms with Gasteiger partial charge in [0.25, 0.3) is 5.91 Å². The molecule has 9 heteroatoms. The maximum Gasteiger partial charge on any atom is 0.332 e. The fourth-order valence-electron chi connectivity index (χ4n) is 3.82. The van der Waals surface area contributed by atoms with Crippen LogP contribution in [0.25, 0.3) is 0 Å². The van der Waals surface area contributed by atoms with E-state index in [-0.39, 0.29) is 29.4 Å². The lowest BCUT2D eigenvalue weighted by Gasteiger charge is -2.35. The van der Waals surface area contributed by atoms with E-state index < -0.39 is 10.0 Å². The highest BCUT2D eigenvalue weighted by atomic mass is 79.9. The summed E-state index contributed by atoms with van der Waals surface area (Å²) in [6, 6.07) is 15.1. The molecule has 152 valence electrons. The predicted octanol–water partition coefficient (Wildman–Crippen LogP) is 3.07. The van der Waals surface area contributed by atoms with Crippen LogP contribution in [0.3, 0.4) is 0 Å². The van der Waals surface area contributed by atoms with Gasteiger partial charge in [0.05, 0.1) is 10.6 Å². The first-order valence-corrected chi connectivity index (χ1v) is 11.6. The smallest absolute Gasteiger partial charge is 0.312 e. The Morgan fingerprint density at radius 3 is 2.17 bits per heavy atom. The number of hydrogen-bond acceptors (Lipinski definition) is 4. The van der Waals surface area contributed by atoms with Crippen molar-refractivity contribution in [3.63, 3.8) is 0 Å². The van der Waals surface area contributed by atoms with E-state index in [9.17, 15) is 18.0 Å². The van der Waals surface area contributed by atoms with Crippen LogP contribution in [0.1, 0.15) is 12.8 Å². The zero-order chi connectivity index (χ0) is 20.6. The molecular weight excluding hydrogens is 458 g/mol. The summed E-state index contributed by atoms with van der Waals surface area (Å²) in [6.07, 6.45) is 0.983. The molecule has 0 aliphatic carbocycles. The number of carbonyl (C=O) groups is 2. The maximum atomic E-state index is 12.9. The predicted molar refractivity (Wildman–Crippen MR) is 112 cm³/mol. The van der Waals surface area contributed by atoms with Crippen LogP contribution in [-0.4, -0.2) is 55.2 Å². The topological polar surface area (TPSA) is 78.0 Å². The van der Waals surface area contributed by atoms with E-state index in [1.165, 1.54) is 9.21 Å². The monoisotopic (exact) mass is 477 g/mol. The Kier molecular flexibility index (Phi) is 5.46. The van der Waals surface area contributed by atoms with Gasteiger partial charge in [0.2, 0.25) is 10.0 Å². The molecule has 3 amide bonds. The number of nitrogens with zero attached hydrogens (tertiary/aromatic N) is 3. The summed E-state index contributed by atoms with van der Waals surface area (Å²) in [7, 11) is -3.61. The molecule has 0 saturated carbocycles. The molecule has 0 aromatic heterocycles. The fraction of sp³-hybridized carbons (Fsp3) is 0.300. The standard InChI is InChI=1S/C20H20BrN3O4S/c21-17-8-4-5-9-18(17)29(27,28)22-12-10-15(11-13-22)23-14-19(25)24(20(23)26)16-6-2-1-3-7-16/h1-9,15H,10-14H2. The molecule has 2 aliphatic heterocycles. The molecule has 29 heavy (non-hydrogen) atoms. The Hall–Kier alpha value is -2.23. The van der Waals surface area contributed by atoms with E-state index in [1.54, 1.807) is 53.4 Å². The van der Waals surface area contributed by atoms with Crippen molar-refractivity contribution in [1.82, 2.24) is 9.21 Å². The molecule has 0 spiro atoms. The van der Waals surface area contributed by atoms with Gasteiger partial charge in [-0.05, 0) is 53.0 Å². The number of carbonyl (C=O) groups excluding carboxylic acids is 2. The highest BCUT2D eigenvalue weighted by Gasteiger charge is 2.42. The van der Waals surface area contributed by atoms with Crippen molar-refractivity contribution < 1.29 is 18.0 Å². The Bertz CT molecular complexity index is 1040. The van der Waals surface area contributed by atoms with Crippen molar-refractivity contribution in [3.8, 4) is 0 Å². The second kappa shape index (κ2) is 7.89. The molecule has 0 atom stereocenters. The van der Waals surface area contributed by atoms with Gasteiger partial charge in [-0.15, -0.1) is 0 Å². The van der Waals surface area contributed by atoms with E-state index in [1.807, 2.05) is 6.07 Å². The van der Waals surface area contributed by atoms with Gasteiger partial charge in [-0.25, -0.2) is 18.1 Å². The average molecular weight is 478 g/mol. The summed E-state index contributed by atoms with van der Waals surface area (Å²) < 4.78 is 27.9. The van der Waals surface area contributed by atoms with Gasteiger partial charge in [-0.3, -0.25) is 4.79 Å².